The molecule has 0 bridgehead atoms. The van der Waals surface area contributed by atoms with Crippen molar-refractivity contribution in [2.75, 3.05) is 13.1 Å². The molecule has 1 aliphatic heterocycles. The summed E-state index contributed by atoms with van der Waals surface area (Å²) in [5.74, 6) is 0.998. The highest BCUT2D eigenvalue weighted by molar-refractivity contribution is 4.91. The molecule has 1 aliphatic carbocycles. The average molecular weight is 262 g/mol. The lowest BCUT2D eigenvalue weighted by atomic mass is 9.89. The number of nitrogens with zero attached hydrogens (tertiary/aromatic N) is 2. The lowest BCUT2D eigenvalue weighted by Gasteiger charge is -2.29. The molecule has 0 aromatic heterocycles. The molecule has 0 amide bonds. The molecule has 1 unspecified atom stereocenters. The molecular formula is C17H30N2. The van der Waals surface area contributed by atoms with Gasteiger partial charge >= 0.3 is 0 Å². The summed E-state index contributed by atoms with van der Waals surface area (Å²) in [6.07, 6.45) is 12.2. The zero-order chi connectivity index (χ0) is 13.7. The first-order valence-corrected chi connectivity index (χ1v) is 8.28. The lowest BCUT2D eigenvalue weighted by molar-refractivity contribution is 0.185. The monoisotopic (exact) mass is 262 g/mol. The van der Waals surface area contributed by atoms with E-state index in [2.05, 4.69) is 24.8 Å². The van der Waals surface area contributed by atoms with Crippen molar-refractivity contribution >= 4 is 0 Å². The maximum absolute atomic E-state index is 9.03. The van der Waals surface area contributed by atoms with Crippen LogP contribution >= 0.6 is 0 Å². The van der Waals surface area contributed by atoms with Gasteiger partial charge in [0.15, 0.2) is 0 Å². The third kappa shape index (κ3) is 4.21. The Morgan fingerprint density at radius 1 is 1.11 bits per heavy atom. The zero-order valence-electron chi connectivity index (χ0n) is 12.8. The first-order chi connectivity index (χ1) is 9.12. The van der Waals surface area contributed by atoms with Gasteiger partial charge in [0.05, 0.1) is 11.5 Å². The smallest absolute Gasteiger partial charge is 0.0683 e. The minimum atomic E-state index is -0.129. The van der Waals surface area contributed by atoms with Gasteiger partial charge in [0.25, 0.3) is 0 Å². The first-order valence-electron chi connectivity index (χ1n) is 8.28. The summed E-state index contributed by atoms with van der Waals surface area (Å²) in [6.45, 7) is 6.71. The van der Waals surface area contributed by atoms with E-state index in [9.17, 15) is 0 Å². The second kappa shape index (κ2) is 6.75. The molecule has 19 heavy (non-hydrogen) atoms. The Kier molecular flexibility index (Phi) is 5.28. The van der Waals surface area contributed by atoms with E-state index in [4.69, 9.17) is 5.26 Å². The highest BCUT2D eigenvalue weighted by Gasteiger charge is 2.32. The van der Waals surface area contributed by atoms with E-state index in [1.807, 2.05) is 0 Å². The van der Waals surface area contributed by atoms with Gasteiger partial charge in [0, 0.05) is 6.04 Å². The summed E-state index contributed by atoms with van der Waals surface area (Å²) >= 11 is 0. The fourth-order valence-electron chi connectivity index (χ4n) is 3.94. The van der Waals surface area contributed by atoms with Crippen molar-refractivity contribution in [3.8, 4) is 6.07 Å². The zero-order valence-corrected chi connectivity index (χ0v) is 12.8. The molecule has 0 radical (unpaired) electrons. The van der Waals surface area contributed by atoms with Gasteiger partial charge in [-0.1, -0.05) is 19.3 Å². The fraction of sp³-hybridized carbons (Fsp3) is 0.941. The quantitative estimate of drug-likeness (QED) is 0.665. The number of nitriles is 1. The van der Waals surface area contributed by atoms with Crippen LogP contribution in [0.15, 0.2) is 0 Å². The molecule has 2 nitrogen and oxygen atoms in total. The molecule has 108 valence electrons. The molecule has 1 atom stereocenters. The first kappa shape index (κ1) is 14.9. The van der Waals surface area contributed by atoms with Crippen LogP contribution in [-0.4, -0.2) is 24.0 Å². The summed E-state index contributed by atoms with van der Waals surface area (Å²) in [7, 11) is 0. The van der Waals surface area contributed by atoms with Crippen molar-refractivity contribution in [2.45, 2.75) is 77.7 Å². The molecule has 2 aliphatic rings. The van der Waals surface area contributed by atoms with E-state index in [1.54, 1.807) is 0 Å². The summed E-state index contributed by atoms with van der Waals surface area (Å²) in [5.41, 5.74) is -0.129. The third-order valence-electron chi connectivity index (χ3n) is 5.16. The van der Waals surface area contributed by atoms with Crippen LogP contribution in [-0.2, 0) is 0 Å². The molecule has 0 spiro atoms. The highest BCUT2D eigenvalue weighted by Crippen LogP contribution is 2.35. The predicted octanol–water partition coefficient (Wildman–Crippen LogP) is 4.36. The Bertz CT molecular complexity index is 310. The third-order valence-corrected chi connectivity index (χ3v) is 5.16. The second-order valence-corrected chi connectivity index (χ2v) is 7.24. The van der Waals surface area contributed by atoms with Crippen molar-refractivity contribution < 1.29 is 0 Å². The van der Waals surface area contributed by atoms with E-state index in [0.717, 1.165) is 18.4 Å². The highest BCUT2D eigenvalue weighted by atomic mass is 15.2. The maximum Gasteiger partial charge on any atom is 0.0683 e. The SMILES string of the molecule is CC(C)(C#N)CCCCN1CCCC1C1CCCC1. The average Bonchev–Trinajstić information content (AvgIpc) is 3.05. The fourth-order valence-corrected chi connectivity index (χ4v) is 3.94. The molecule has 2 rings (SSSR count). The predicted molar refractivity (Wildman–Crippen MR) is 79.8 cm³/mol. The van der Waals surface area contributed by atoms with Crippen LogP contribution in [0.2, 0.25) is 0 Å². The second-order valence-electron chi connectivity index (χ2n) is 7.24. The van der Waals surface area contributed by atoms with E-state index in [0.29, 0.717) is 0 Å². The Morgan fingerprint density at radius 3 is 2.53 bits per heavy atom. The van der Waals surface area contributed by atoms with Gasteiger partial charge in [-0.2, -0.15) is 5.26 Å². The molecule has 1 heterocycles. The van der Waals surface area contributed by atoms with Crippen LogP contribution in [0.1, 0.15) is 71.6 Å². The summed E-state index contributed by atoms with van der Waals surface area (Å²) < 4.78 is 0. The number of hydrogen-bond donors (Lipinski definition) is 0. The molecule has 0 N–H and O–H groups in total. The lowest BCUT2D eigenvalue weighted by Crippen LogP contribution is -2.35. The molecule has 2 heteroatoms. The number of hydrogen-bond acceptors (Lipinski definition) is 2. The molecule has 0 aromatic carbocycles. The van der Waals surface area contributed by atoms with E-state index < -0.39 is 0 Å². The van der Waals surface area contributed by atoms with E-state index >= 15 is 0 Å². The summed E-state index contributed by atoms with van der Waals surface area (Å²) in [4.78, 5) is 2.76. The number of unbranched alkanes of at least 4 members (excludes halogenated alkanes) is 1. The Balaban J connectivity index is 1.69. The molecule has 0 aromatic rings. The van der Waals surface area contributed by atoms with E-state index in [-0.39, 0.29) is 5.41 Å². The van der Waals surface area contributed by atoms with Crippen molar-refractivity contribution in [1.82, 2.24) is 4.90 Å². The van der Waals surface area contributed by atoms with Gasteiger partial charge in [-0.05, 0) is 71.4 Å². The van der Waals surface area contributed by atoms with Crippen LogP contribution in [0.4, 0.5) is 0 Å². The topological polar surface area (TPSA) is 27.0 Å². The van der Waals surface area contributed by atoms with Gasteiger partial charge in [0.1, 0.15) is 0 Å². The normalized spacial score (nSPS) is 25.8. The van der Waals surface area contributed by atoms with Crippen molar-refractivity contribution in [2.24, 2.45) is 11.3 Å². The van der Waals surface area contributed by atoms with Gasteiger partial charge < -0.3 is 4.90 Å². The number of rotatable bonds is 6. The molecule has 1 saturated carbocycles. The Hall–Kier alpha value is -0.550. The minimum absolute atomic E-state index is 0.129. The minimum Gasteiger partial charge on any atom is -0.300 e. The molecule has 1 saturated heterocycles. The van der Waals surface area contributed by atoms with Crippen LogP contribution in [0.25, 0.3) is 0 Å². The summed E-state index contributed by atoms with van der Waals surface area (Å²) in [5, 5.41) is 9.03. The largest absolute Gasteiger partial charge is 0.300 e. The standard InChI is InChI=1S/C17H30N2/c1-17(2,14-18)11-5-6-12-19-13-7-10-16(19)15-8-3-4-9-15/h15-16H,3-13H2,1-2H3. The van der Waals surface area contributed by atoms with Crippen molar-refractivity contribution in [3.63, 3.8) is 0 Å². The van der Waals surface area contributed by atoms with Gasteiger partial charge in [-0.25, -0.2) is 0 Å². The Morgan fingerprint density at radius 2 is 1.84 bits per heavy atom. The summed E-state index contributed by atoms with van der Waals surface area (Å²) in [6, 6.07) is 3.30. The number of likely N-dealkylation sites (tertiary alicyclic amines) is 1. The Labute approximate surface area is 119 Å². The van der Waals surface area contributed by atoms with Crippen LogP contribution in [0.5, 0.6) is 0 Å². The van der Waals surface area contributed by atoms with Crippen LogP contribution in [0, 0.1) is 22.7 Å². The van der Waals surface area contributed by atoms with Gasteiger partial charge in [0.2, 0.25) is 0 Å². The van der Waals surface area contributed by atoms with Crippen LogP contribution in [0.3, 0.4) is 0 Å². The van der Waals surface area contributed by atoms with E-state index in [1.165, 1.54) is 64.5 Å². The maximum atomic E-state index is 9.03. The van der Waals surface area contributed by atoms with Crippen LogP contribution < -0.4 is 0 Å². The van der Waals surface area contributed by atoms with Gasteiger partial charge in [-0.15, -0.1) is 0 Å². The van der Waals surface area contributed by atoms with Gasteiger partial charge in [-0.3, -0.25) is 0 Å². The molecule has 2 fully saturated rings. The van der Waals surface area contributed by atoms with Crippen molar-refractivity contribution in [1.29, 1.82) is 5.26 Å². The molecular weight excluding hydrogens is 232 g/mol. The van der Waals surface area contributed by atoms with Crippen molar-refractivity contribution in [3.05, 3.63) is 0 Å².